The number of aromatic nitrogens is 1. The molecular formula is C13H9BrClF3N2. The van der Waals surface area contributed by atoms with Crippen LogP contribution in [0.25, 0.3) is 0 Å². The van der Waals surface area contributed by atoms with Crippen LogP contribution in [0.3, 0.4) is 0 Å². The van der Waals surface area contributed by atoms with E-state index in [9.17, 15) is 13.2 Å². The molecule has 0 amide bonds. The van der Waals surface area contributed by atoms with Gasteiger partial charge in [0.2, 0.25) is 0 Å². The lowest BCUT2D eigenvalue weighted by Crippen LogP contribution is -2.19. The summed E-state index contributed by atoms with van der Waals surface area (Å²) in [7, 11) is 0. The van der Waals surface area contributed by atoms with Crippen LogP contribution in [0.15, 0.2) is 41.1 Å². The number of alkyl halides is 3. The second kappa shape index (κ2) is 5.71. The van der Waals surface area contributed by atoms with Gasteiger partial charge in [-0.2, -0.15) is 13.2 Å². The van der Waals surface area contributed by atoms with Gasteiger partial charge in [0.25, 0.3) is 0 Å². The molecule has 0 spiro atoms. The molecule has 106 valence electrons. The van der Waals surface area contributed by atoms with Crippen LogP contribution in [-0.4, -0.2) is 4.98 Å². The van der Waals surface area contributed by atoms with E-state index in [-0.39, 0.29) is 10.6 Å². The van der Waals surface area contributed by atoms with Crippen LogP contribution in [0.2, 0.25) is 5.02 Å². The van der Waals surface area contributed by atoms with Crippen molar-refractivity contribution in [2.45, 2.75) is 12.2 Å². The first-order valence-corrected chi connectivity index (χ1v) is 6.70. The van der Waals surface area contributed by atoms with Crippen molar-refractivity contribution < 1.29 is 13.2 Å². The molecule has 1 atom stereocenters. The van der Waals surface area contributed by atoms with Gasteiger partial charge in [-0.1, -0.05) is 23.7 Å². The number of nitrogens with two attached hydrogens (primary N) is 1. The molecule has 2 rings (SSSR count). The Labute approximate surface area is 126 Å². The summed E-state index contributed by atoms with van der Waals surface area (Å²) in [6.07, 6.45) is -2.29. The van der Waals surface area contributed by atoms with Gasteiger partial charge < -0.3 is 5.73 Å². The monoisotopic (exact) mass is 364 g/mol. The highest BCUT2D eigenvalue weighted by atomic mass is 79.9. The van der Waals surface area contributed by atoms with Crippen LogP contribution in [0.1, 0.15) is 22.7 Å². The first-order valence-electron chi connectivity index (χ1n) is 5.53. The summed E-state index contributed by atoms with van der Waals surface area (Å²) in [5.74, 6) is 0. The highest BCUT2D eigenvalue weighted by Crippen LogP contribution is 2.38. The molecular weight excluding hydrogens is 357 g/mol. The van der Waals surface area contributed by atoms with Crippen molar-refractivity contribution in [3.8, 4) is 0 Å². The van der Waals surface area contributed by atoms with Crippen molar-refractivity contribution in [3.63, 3.8) is 0 Å². The minimum atomic E-state index is -4.49. The van der Waals surface area contributed by atoms with E-state index in [4.69, 9.17) is 17.3 Å². The number of hydrogen-bond acceptors (Lipinski definition) is 2. The smallest absolute Gasteiger partial charge is 0.320 e. The predicted octanol–water partition coefficient (Wildman–Crippen LogP) is 4.56. The Morgan fingerprint density at radius 2 is 1.90 bits per heavy atom. The van der Waals surface area contributed by atoms with Gasteiger partial charge in [-0.15, -0.1) is 0 Å². The van der Waals surface area contributed by atoms with Crippen molar-refractivity contribution >= 4 is 27.5 Å². The Balaban J connectivity index is 2.55. The molecule has 0 aliphatic rings. The summed E-state index contributed by atoms with van der Waals surface area (Å²) in [5, 5.41) is 0.289. The van der Waals surface area contributed by atoms with Gasteiger partial charge in [0.15, 0.2) is 0 Å². The van der Waals surface area contributed by atoms with Crippen LogP contribution in [0.5, 0.6) is 0 Å². The van der Waals surface area contributed by atoms with Gasteiger partial charge in [0.1, 0.15) is 0 Å². The van der Waals surface area contributed by atoms with Crippen LogP contribution >= 0.6 is 27.5 Å². The molecule has 20 heavy (non-hydrogen) atoms. The third-order valence-corrected chi connectivity index (χ3v) is 4.12. The Morgan fingerprint density at radius 1 is 1.20 bits per heavy atom. The number of halogens is 5. The van der Waals surface area contributed by atoms with E-state index in [0.29, 0.717) is 10.0 Å². The maximum atomic E-state index is 13.0. The maximum absolute atomic E-state index is 13.0. The second-order valence-corrected chi connectivity index (χ2v) is 5.31. The molecule has 0 fully saturated rings. The van der Waals surface area contributed by atoms with Crippen LogP contribution < -0.4 is 5.73 Å². The topological polar surface area (TPSA) is 38.9 Å². The normalized spacial score (nSPS) is 13.3. The molecule has 1 aromatic heterocycles. The molecule has 2 aromatic rings. The minimum Gasteiger partial charge on any atom is -0.320 e. The van der Waals surface area contributed by atoms with E-state index in [2.05, 4.69) is 20.9 Å². The zero-order valence-corrected chi connectivity index (χ0v) is 12.3. The number of nitrogens with zero attached hydrogens (tertiary/aromatic N) is 1. The van der Waals surface area contributed by atoms with Crippen molar-refractivity contribution in [2.24, 2.45) is 5.73 Å². The lowest BCUT2D eigenvalue weighted by molar-refractivity contribution is -0.138. The Morgan fingerprint density at radius 3 is 2.55 bits per heavy atom. The highest BCUT2D eigenvalue weighted by Gasteiger charge is 2.35. The van der Waals surface area contributed by atoms with E-state index in [1.54, 1.807) is 18.2 Å². The van der Waals surface area contributed by atoms with Gasteiger partial charge in [-0.25, -0.2) is 0 Å². The number of rotatable bonds is 2. The molecule has 2 nitrogen and oxygen atoms in total. The van der Waals surface area contributed by atoms with Crippen molar-refractivity contribution in [3.05, 3.63) is 62.8 Å². The van der Waals surface area contributed by atoms with E-state index < -0.39 is 17.8 Å². The summed E-state index contributed by atoms with van der Waals surface area (Å²) < 4.78 is 39.5. The lowest BCUT2D eigenvalue weighted by Gasteiger charge is -2.19. The van der Waals surface area contributed by atoms with Crippen LogP contribution in [0, 0.1) is 0 Å². The van der Waals surface area contributed by atoms with Gasteiger partial charge in [-0.05, 0) is 33.6 Å². The summed E-state index contributed by atoms with van der Waals surface area (Å²) >= 11 is 9.30. The summed E-state index contributed by atoms with van der Waals surface area (Å²) in [4.78, 5) is 3.72. The molecule has 1 aromatic carbocycles. The van der Waals surface area contributed by atoms with Gasteiger partial charge in [0, 0.05) is 22.4 Å². The fourth-order valence-electron chi connectivity index (χ4n) is 1.84. The molecule has 0 aliphatic carbocycles. The Kier molecular flexibility index (Phi) is 4.36. The quantitative estimate of drug-likeness (QED) is 0.847. The minimum absolute atomic E-state index is 0.111. The first kappa shape index (κ1) is 15.3. The standard InChI is InChI=1S/C13H9BrClF3N2/c14-10-3-1-2-7(11(10)15)12(19)8-6-20-5-4-9(8)13(16,17)18/h1-6,12H,19H2. The van der Waals surface area contributed by atoms with Gasteiger partial charge >= 0.3 is 6.18 Å². The fraction of sp³-hybridized carbons (Fsp3) is 0.154. The maximum Gasteiger partial charge on any atom is 0.416 e. The molecule has 0 aliphatic heterocycles. The number of pyridine rings is 1. The lowest BCUT2D eigenvalue weighted by atomic mass is 9.96. The molecule has 0 saturated carbocycles. The SMILES string of the molecule is NC(c1cnccc1C(F)(F)F)c1cccc(Br)c1Cl. The van der Waals surface area contributed by atoms with Crippen molar-refractivity contribution in [2.75, 3.05) is 0 Å². The first-order chi connectivity index (χ1) is 9.32. The van der Waals surface area contributed by atoms with Crippen LogP contribution in [-0.2, 0) is 6.18 Å². The van der Waals surface area contributed by atoms with Crippen molar-refractivity contribution in [1.29, 1.82) is 0 Å². The third kappa shape index (κ3) is 2.97. The van der Waals surface area contributed by atoms with Gasteiger partial charge in [0.05, 0.1) is 16.6 Å². The van der Waals surface area contributed by atoms with Crippen molar-refractivity contribution in [1.82, 2.24) is 4.98 Å². The third-order valence-electron chi connectivity index (χ3n) is 2.81. The van der Waals surface area contributed by atoms with E-state index in [0.717, 1.165) is 18.5 Å². The largest absolute Gasteiger partial charge is 0.416 e. The predicted molar refractivity (Wildman–Crippen MR) is 74.4 cm³/mol. The highest BCUT2D eigenvalue weighted by molar-refractivity contribution is 9.10. The van der Waals surface area contributed by atoms with Crippen LogP contribution in [0.4, 0.5) is 13.2 Å². The van der Waals surface area contributed by atoms with E-state index in [1.165, 1.54) is 0 Å². The van der Waals surface area contributed by atoms with E-state index >= 15 is 0 Å². The molecule has 1 heterocycles. The molecule has 0 radical (unpaired) electrons. The Bertz CT molecular complexity index is 631. The zero-order valence-electron chi connectivity index (χ0n) is 9.96. The van der Waals surface area contributed by atoms with Gasteiger partial charge in [-0.3, -0.25) is 4.98 Å². The number of hydrogen-bond donors (Lipinski definition) is 1. The molecule has 0 saturated heterocycles. The number of benzene rings is 1. The molecule has 2 N–H and O–H groups in total. The average Bonchev–Trinajstić information content (AvgIpc) is 2.40. The second-order valence-electron chi connectivity index (χ2n) is 4.08. The summed E-state index contributed by atoms with van der Waals surface area (Å²) in [6, 6.07) is 4.83. The summed E-state index contributed by atoms with van der Waals surface area (Å²) in [6.45, 7) is 0. The Hall–Kier alpha value is -1.11. The average molecular weight is 366 g/mol. The zero-order chi connectivity index (χ0) is 14.9. The summed E-state index contributed by atoms with van der Waals surface area (Å²) in [5.41, 5.74) is 5.42. The fourth-order valence-corrected chi connectivity index (χ4v) is 2.47. The van der Waals surface area contributed by atoms with E-state index in [1.807, 2.05) is 0 Å². The molecule has 7 heteroatoms. The molecule has 0 bridgehead atoms. The molecule has 1 unspecified atom stereocenters.